The van der Waals surface area contributed by atoms with Crippen LogP contribution in [0.5, 0.6) is 0 Å². The summed E-state index contributed by atoms with van der Waals surface area (Å²) in [5.41, 5.74) is 1.48. The Morgan fingerprint density at radius 2 is 2.24 bits per heavy atom. The topological polar surface area (TPSA) is 76.9 Å². The first-order valence-electron chi connectivity index (χ1n) is 5.17. The van der Waals surface area contributed by atoms with Crippen LogP contribution in [0.4, 0.5) is 5.69 Å². The van der Waals surface area contributed by atoms with E-state index >= 15 is 0 Å². The van der Waals surface area contributed by atoms with Gasteiger partial charge < -0.3 is 9.71 Å². The monoisotopic (exact) mass is 250 g/mol. The van der Waals surface area contributed by atoms with E-state index in [0.29, 0.717) is 5.69 Å². The molecule has 90 valence electrons. The second kappa shape index (κ2) is 4.58. The molecule has 17 heavy (non-hydrogen) atoms. The molecule has 1 aromatic heterocycles. The number of hydrogen-bond acceptors (Lipinski definition) is 3. The number of aromatic amines is 1. The molecule has 0 fully saturated rings. The lowest BCUT2D eigenvalue weighted by Gasteiger charge is -2.21. The third-order valence-corrected chi connectivity index (χ3v) is 3.53. The quantitative estimate of drug-likeness (QED) is 0.904. The fraction of sp³-hybridized carbons (Fsp3) is 0.182. The van der Waals surface area contributed by atoms with E-state index < -0.39 is 10.0 Å². The van der Waals surface area contributed by atoms with Crippen molar-refractivity contribution in [2.75, 3.05) is 0 Å². The summed E-state index contributed by atoms with van der Waals surface area (Å²) in [5, 5.41) is -0.000554. The molecule has 1 heterocycles. The van der Waals surface area contributed by atoms with Gasteiger partial charge in [-0.05, 0) is 12.0 Å². The smallest absolute Gasteiger partial charge is 0.140 e. The second-order valence-corrected chi connectivity index (χ2v) is 5.08. The molecule has 0 aliphatic carbocycles. The summed E-state index contributed by atoms with van der Waals surface area (Å²) in [5.74, 6) is 0. The van der Waals surface area contributed by atoms with Gasteiger partial charge in [0.1, 0.15) is 15.0 Å². The van der Waals surface area contributed by atoms with Gasteiger partial charge in [0.05, 0.1) is 12.5 Å². The Morgan fingerprint density at radius 3 is 2.88 bits per heavy atom. The molecule has 0 saturated carbocycles. The van der Waals surface area contributed by atoms with Crippen LogP contribution in [0.25, 0.3) is 4.72 Å². The SMILES string of the molecule is CCc1cccc([N-]S(=O)(=O)c2cnc[nH]2)c1. The average Bonchev–Trinajstić information content (AvgIpc) is 2.83. The summed E-state index contributed by atoms with van der Waals surface area (Å²) < 4.78 is 27.4. The first-order chi connectivity index (χ1) is 8.12. The van der Waals surface area contributed by atoms with Crippen molar-refractivity contribution in [1.29, 1.82) is 0 Å². The predicted octanol–water partition coefficient (Wildman–Crippen LogP) is 2.37. The van der Waals surface area contributed by atoms with Crippen molar-refractivity contribution < 1.29 is 8.42 Å². The maximum atomic E-state index is 11.8. The minimum Gasteiger partial charge on any atom is -0.571 e. The second-order valence-electron chi connectivity index (χ2n) is 3.51. The average molecular weight is 250 g/mol. The fourth-order valence-corrected chi connectivity index (χ4v) is 2.29. The lowest BCUT2D eigenvalue weighted by atomic mass is 10.1. The van der Waals surface area contributed by atoms with Crippen molar-refractivity contribution in [2.24, 2.45) is 0 Å². The molecule has 0 aliphatic rings. The molecule has 5 nitrogen and oxygen atoms in total. The van der Waals surface area contributed by atoms with Crippen molar-refractivity contribution in [3.63, 3.8) is 0 Å². The van der Waals surface area contributed by atoms with Crippen molar-refractivity contribution in [1.82, 2.24) is 9.97 Å². The number of aromatic nitrogens is 2. The highest BCUT2D eigenvalue weighted by Gasteiger charge is 2.05. The molecule has 0 atom stereocenters. The van der Waals surface area contributed by atoms with Crippen molar-refractivity contribution in [2.45, 2.75) is 18.4 Å². The van der Waals surface area contributed by atoms with E-state index in [1.807, 2.05) is 13.0 Å². The van der Waals surface area contributed by atoms with Crippen LogP contribution in [0, 0.1) is 0 Å². The number of imidazole rings is 1. The standard InChI is InChI=1S/C11H12N3O2S/c1-2-9-4-3-5-10(6-9)14-17(15,16)11-7-12-8-13-11/h3-8H,2H2,1H3,(H,12,13)/q-1. The van der Waals surface area contributed by atoms with Gasteiger partial charge in [0.2, 0.25) is 0 Å². The van der Waals surface area contributed by atoms with Crippen LogP contribution in [0.2, 0.25) is 0 Å². The van der Waals surface area contributed by atoms with E-state index in [0.717, 1.165) is 12.0 Å². The summed E-state index contributed by atoms with van der Waals surface area (Å²) in [6.45, 7) is 2.00. The van der Waals surface area contributed by atoms with Gasteiger partial charge in [-0.1, -0.05) is 31.2 Å². The summed E-state index contributed by atoms with van der Waals surface area (Å²) in [7, 11) is -3.69. The predicted molar refractivity (Wildman–Crippen MR) is 64.6 cm³/mol. The van der Waals surface area contributed by atoms with Crippen molar-refractivity contribution in [3.05, 3.63) is 47.1 Å². The maximum absolute atomic E-state index is 11.8. The summed E-state index contributed by atoms with van der Waals surface area (Å²) in [4.78, 5) is 6.20. The van der Waals surface area contributed by atoms with Gasteiger partial charge in [-0.15, -0.1) is 5.69 Å². The molecule has 0 aliphatic heterocycles. The van der Waals surface area contributed by atoms with Crippen LogP contribution in [0.3, 0.4) is 0 Å². The number of aryl methyl sites for hydroxylation is 1. The largest absolute Gasteiger partial charge is 0.571 e. The molecule has 0 unspecified atom stereocenters. The minimum atomic E-state index is -3.69. The Balaban J connectivity index is 2.26. The van der Waals surface area contributed by atoms with Gasteiger partial charge in [0.25, 0.3) is 0 Å². The Bertz CT molecular complexity index is 591. The number of nitrogens with one attached hydrogen (secondary N) is 1. The lowest BCUT2D eigenvalue weighted by molar-refractivity contribution is 0.600. The third-order valence-electron chi connectivity index (χ3n) is 2.30. The Hall–Kier alpha value is -1.82. The molecule has 2 rings (SSSR count). The van der Waals surface area contributed by atoms with E-state index in [9.17, 15) is 8.42 Å². The van der Waals surface area contributed by atoms with E-state index in [4.69, 9.17) is 0 Å². The molecular weight excluding hydrogens is 238 g/mol. The van der Waals surface area contributed by atoms with Gasteiger partial charge >= 0.3 is 0 Å². The summed E-state index contributed by atoms with van der Waals surface area (Å²) >= 11 is 0. The Morgan fingerprint density at radius 1 is 1.41 bits per heavy atom. The van der Waals surface area contributed by atoms with E-state index in [1.54, 1.807) is 18.2 Å². The van der Waals surface area contributed by atoms with E-state index in [-0.39, 0.29) is 5.03 Å². The molecule has 0 bridgehead atoms. The normalized spacial score (nSPS) is 11.4. The fourth-order valence-electron chi connectivity index (χ4n) is 1.41. The van der Waals surface area contributed by atoms with Crippen LogP contribution in [-0.4, -0.2) is 18.4 Å². The lowest BCUT2D eigenvalue weighted by Crippen LogP contribution is -1.97. The van der Waals surface area contributed by atoms with Crippen molar-refractivity contribution >= 4 is 15.7 Å². The Kier molecular flexibility index (Phi) is 3.14. The van der Waals surface area contributed by atoms with Crippen LogP contribution >= 0.6 is 0 Å². The number of benzene rings is 1. The highest BCUT2D eigenvalue weighted by Crippen LogP contribution is 2.27. The number of H-pyrrole nitrogens is 1. The summed E-state index contributed by atoms with van der Waals surface area (Å²) in [6, 6.07) is 7.14. The minimum absolute atomic E-state index is 0.000554. The zero-order chi connectivity index (χ0) is 12.3. The first-order valence-corrected chi connectivity index (χ1v) is 6.61. The highest BCUT2D eigenvalue weighted by molar-refractivity contribution is 7.94. The molecule has 0 radical (unpaired) electrons. The van der Waals surface area contributed by atoms with Gasteiger partial charge in [0, 0.05) is 0 Å². The van der Waals surface area contributed by atoms with Gasteiger partial charge in [-0.25, -0.2) is 13.4 Å². The number of sulfonamides is 1. The molecule has 0 spiro atoms. The van der Waals surface area contributed by atoms with Crippen LogP contribution < -0.4 is 0 Å². The number of nitrogens with zero attached hydrogens (tertiary/aromatic N) is 2. The van der Waals surface area contributed by atoms with Crippen LogP contribution in [0.1, 0.15) is 12.5 Å². The molecule has 0 saturated heterocycles. The summed E-state index contributed by atoms with van der Waals surface area (Å²) in [6.07, 6.45) is 3.39. The third kappa shape index (κ3) is 2.65. The number of hydrogen-bond donors (Lipinski definition) is 1. The molecule has 1 N–H and O–H groups in total. The van der Waals surface area contributed by atoms with Crippen LogP contribution in [-0.2, 0) is 16.4 Å². The maximum Gasteiger partial charge on any atom is 0.140 e. The Labute approximate surface area is 100.0 Å². The van der Waals surface area contributed by atoms with Gasteiger partial charge in [0.15, 0.2) is 0 Å². The van der Waals surface area contributed by atoms with E-state index in [1.165, 1.54) is 12.5 Å². The molecule has 6 heteroatoms. The van der Waals surface area contributed by atoms with Gasteiger partial charge in [-0.2, -0.15) is 0 Å². The van der Waals surface area contributed by atoms with Crippen LogP contribution in [0.15, 0.2) is 41.8 Å². The zero-order valence-corrected chi connectivity index (χ0v) is 10.1. The van der Waals surface area contributed by atoms with Gasteiger partial charge in [-0.3, -0.25) is 0 Å². The molecule has 0 amide bonds. The highest BCUT2D eigenvalue weighted by atomic mass is 32.2. The molecular formula is C11H12N3O2S-. The number of rotatable bonds is 4. The molecule has 1 aromatic carbocycles. The first kappa shape index (κ1) is 11.7. The van der Waals surface area contributed by atoms with E-state index in [2.05, 4.69) is 14.7 Å². The zero-order valence-electron chi connectivity index (χ0n) is 9.29. The molecule has 2 aromatic rings. The van der Waals surface area contributed by atoms with Crippen molar-refractivity contribution in [3.8, 4) is 0 Å².